The van der Waals surface area contributed by atoms with Gasteiger partial charge in [0.1, 0.15) is 0 Å². The van der Waals surface area contributed by atoms with Gasteiger partial charge in [0, 0.05) is 18.2 Å². The number of hydrogen-bond donors (Lipinski definition) is 0. The van der Waals surface area contributed by atoms with Crippen LogP contribution in [0, 0.1) is 6.92 Å². The minimum atomic E-state index is 0.436. The first kappa shape index (κ1) is 19.6. The predicted molar refractivity (Wildman–Crippen MR) is 109 cm³/mol. The first-order chi connectivity index (χ1) is 13.2. The van der Waals surface area contributed by atoms with Gasteiger partial charge in [0.25, 0.3) is 0 Å². The van der Waals surface area contributed by atoms with Crippen LogP contribution in [-0.4, -0.2) is 32.8 Å². The monoisotopic (exact) mass is 369 g/mol. The number of benzene rings is 2. The molecule has 4 nitrogen and oxygen atoms in total. The van der Waals surface area contributed by atoms with E-state index in [0.29, 0.717) is 17.5 Å². The lowest BCUT2D eigenvalue weighted by molar-refractivity contribution is 0.189. The summed E-state index contributed by atoms with van der Waals surface area (Å²) in [5.41, 5.74) is 3.84. The number of nitrogens with zero attached hydrogens (tertiary/aromatic N) is 1. The van der Waals surface area contributed by atoms with Gasteiger partial charge in [0.15, 0.2) is 11.5 Å². The molecule has 0 aromatic heterocycles. The Bertz CT molecular complexity index is 742. The van der Waals surface area contributed by atoms with Gasteiger partial charge in [-0.25, -0.2) is 0 Å². The standard InChI is InChI=1S/C23H31NO3/c1-17-9-11-18(12-10-17)20-8-6-5-7-15-24(20)16-19-13-14-21(25-2)23(27-4)22(19)26-3/h9-14,20H,5-8,15-16H2,1-4H3/t20-/m1/s1. The Morgan fingerprint density at radius 1 is 0.852 bits per heavy atom. The SMILES string of the molecule is COc1ccc(CN2CCCCC[C@@H]2c2ccc(C)cc2)c(OC)c1OC. The molecule has 0 spiro atoms. The third-order valence-electron chi connectivity index (χ3n) is 5.48. The molecule has 0 aliphatic carbocycles. The molecule has 1 fully saturated rings. The van der Waals surface area contributed by atoms with E-state index in [2.05, 4.69) is 42.2 Å². The van der Waals surface area contributed by atoms with Crippen LogP contribution < -0.4 is 14.2 Å². The van der Waals surface area contributed by atoms with Crippen LogP contribution in [0.5, 0.6) is 17.2 Å². The van der Waals surface area contributed by atoms with E-state index in [0.717, 1.165) is 24.4 Å². The number of methoxy groups -OCH3 is 3. The number of aryl methyl sites for hydroxylation is 1. The quantitative estimate of drug-likeness (QED) is 0.706. The molecule has 1 aliphatic heterocycles. The van der Waals surface area contributed by atoms with Crippen LogP contribution in [0.4, 0.5) is 0 Å². The molecule has 1 aliphatic rings. The van der Waals surface area contributed by atoms with Gasteiger partial charge in [-0.05, 0) is 37.9 Å². The predicted octanol–water partition coefficient (Wildman–Crippen LogP) is 5.14. The van der Waals surface area contributed by atoms with E-state index in [-0.39, 0.29) is 0 Å². The van der Waals surface area contributed by atoms with Crippen molar-refractivity contribution in [3.8, 4) is 17.2 Å². The molecule has 0 N–H and O–H groups in total. The summed E-state index contributed by atoms with van der Waals surface area (Å²) in [5.74, 6) is 2.13. The normalized spacial score (nSPS) is 18.0. The average Bonchev–Trinajstić information content (AvgIpc) is 2.93. The molecule has 2 aromatic rings. The highest BCUT2D eigenvalue weighted by Gasteiger charge is 2.25. The van der Waals surface area contributed by atoms with Crippen LogP contribution in [-0.2, 0) is 6.54 Å². The Morgan fingerprint density at radius 3 is 2.26 bits per heavy atom. The van der Waals surface area contributed by atoms with E-state index in [1.165, 1.54) is 36.8 Å². The van der Waals surface area contributed by atoms with E-state index >= 15 is 0 Å². The lowest BCUT2D eigenvalue weighted by Crippen LogP contribution is -2.28. The molecule has 0 unspecified atom stereocenters. The van der Waals surface area contributed by atoms with Crippen molar-refractivity contribution in [1.29, 1.82) is 0 Å². The first-order valence-corrected chi connectivity index (χ1v) is 9.76. The molecule has 146 valence electrons. The zero-order valence-corrected chi connectivity index (χ0v) is 17.0. The topological polar surface area (TPSA) is 30.9 Å². The van der Waals surface area contributed by atoms with Crippen molar-refractivity contribution in [3.05, 3.63) is 53.1 Å². The van der Waals surface area contributed by atoms with Crippen LogP contribution in [0.25, 0.3) is 0 Å². The molecule has 3 rings (SSSR count). The lowest BCUT2D eigenvalue weighted by Gasteiger charge is -2.31. The highest BCUT2D eigenvalue weighted by molar-refractivity contribution is 5.55. The number of rotatable bonds is 6. The molecule has 27 heavy (non-hydrogen) atoms. The Kier molecular flexibility index (Phi) is 6.62. The zero-order valence-electron chi connectivity index (χ0n) is 17.0. The molecular weight excluding hydrogens is 338 g/mol. The fraction of sp³-hybridized carbons (Fsp3) is 0.478. The average molecular weight is 370 g/mol. The largest absolute Gasteiger partial charge is 0.493 e. The molecular formula is C23H31NO3. The van der Waals surface area contributed by atoms with Gasteiger partial charge in [-0.1, -0.05) is 48.7 Å². The summed E-state index contributed by atoms with van der Waals surface area (Å²) in [5, 5.41) is 0. The second kappa shape index (κ2) is 9.14. The van der Waals surface area contributed by atoms with Gasteiger partial charge < -0.3 is 14.2 Å². The molecule has 2 aromatic carbocycles. The van der Waals surface area contributed by atoms with Gasteiger partial charge in [-0.15, -0.1) is 0 Å². The summed E-state index contributed by atoms with van der Waals surface area (Å²) in [6.07, 6.45) is 5.00. The van der Waals surface area contributed by atoms with Gasteiger partial charge in [0.05, 0.1) is 21.3 Å². The molecule has 1 atom stereocenters. The Labute approximate surface area is 163 Å². The van der Waals surface area contributed by atoms with E-state index in [1.807, 2.05) is 6.07 Å². The molecule has 0 radical (unpaired) electrons. The first-order valence-electron chi connectivity index (χ1n) is 9.76. The summed E-state index contributed by atoms with van der Waals surface area (Å²) in [7, 11) is 5.01. The van der Waals surface area contributed by atoms with Crippen LogP contribution in [0.1, 0.15) is 48.4 Å². The Hall–Kier alpha value is -2.20. The minimum absolute atomic E-state index is 0.436. The fourth-order valence-electron chi connectivity index (χ4n) is 4.03. The molecule has 4 heteroatoms. The van der Waals surface area contributed by atoms with Crippen molar-refractivity contribution in [2.75, 3.05) is 27.9 Å². The van der Waals surface area contributed by atoms with E-state index < -0.39 is 0 Å². The van der Waals surface area contributed by atoms with Crippen molar-refractivity contribution >= 4 is 0 Å². The number of hydrogen-bond acceptors (Lipinski definition) is 4. The van der Waals surface area contributed by atoms with Gasteiger partial charge in [-0.3, -0.25) is 4.90 Å². The fourth-order valence-corrected chi connectivity index (χ4v) is 4.03. The zero-order chi connectivity index (χ0) is 19.2. The summed E-state index contributed by atoms with van der Waals surface area (Å²) in [6.45, 7) is 4.07. The van der Waals surface area contributed by atoms with Crippen LogP contribution in [0.3, 0.4) is 0 Å². The van der Waals surface area contributed by atoms with Crippen LogP contribution >= 0.6 is 0 Å². The summed E-state index contributed by atoms with van der Waals surface area (Å²) in [4.78, 5) is 2.58. The molecule has 0 saturated carbocycles. The van der Waals surface area contributed by atoms with Crippen molar-refractivity contribution in [3.63, 3.8) is 0 Å². The smallest absolute Gasteiger partial charge is 0.203 e. The van der Waals surface area contributed by atoms with Gasteiger partial charge >= 0.3 is 0 Å². The van der Waals surface area contributed by atoms with Gasteiger partial charge in [0.2, 0.25) is 5.75 Å². The van der Waals surface area contributed by atoms with Gasteiger partial charge in [-0.2, -0.15) is 0 Å². The maximum absolute atomic E-state index is 5.71. The molecule has 0 amide bonds. The summed E-state index contributed by atoms with van der Waals surface area (Å²) < 4.78 is 16.7. The van der Waals surface area contributed by atoms with Crippen molar-refractivity contribution in [2.45, 2.75) is 45.2 Å². The van der Waals surface area contributed by atoms with E-state index in [1.54, 1.807) is 21.3 Å². The molecule has 1 heterocycles. The molecule has 0 bridgehead atoms. The summed E-state index contributed by atoms with van der Waals surface area (Å²) in [6, 6.07) is 13.5. The van der Waals surface area contributed by atoms with Crippen molar-refractivity contribution in [2.24, 2.45) is 0 Å². The highest BCUT2D eigenvalue weighted by Crippen LogP contribution is 2.41. The lowest BCUT2D eigenvalue weighted by atomic mass is 9.99. The Balaban J connectivity index is 1.92. The second-order valence-corrected chi connectivity index (χ2v) is 7.24. The number of ether oxygens (including phenoxy) is 3. The Morgan fingerprint density at radius 2 is 1.59 bits per heavy atom. The molecule has 1 saturated heterocycles. The van der Waals surface area contributed by atoms with Crippen molar-refractivity contribution in [1.82, 2.24) is 4.90 Å². The second-order valence-electron chi connectivity index (χ2n) is 7.24. The third kappa shape index (κ3) is 4.38. The van der Waals surface area contributed by atoms with Crippen LogP contribution in [0.2, 0.25) is 0 Å². The summed E-state index contributed by atoms with van der Waals surface area (Å²) >= 11 is 0. The maximum Gasteiger partial charge on any atom is 0.203 e. The van der Waals surface area contributed by atoms with E-state index in [4.69, 9.17) is 14.2 Å². The highest BCUT2D eigenvalue weighted by atomic mass is 16.5. The van der Waals surface area contributed by atoms with Crippen molar-refractivity contribution < 1.29 is 14.2 Å². The number of likely N-dealkylation sites (tertiary alicyclic amines) is 1. The van der Waals surface area contributed by atoms with E-state index in [9.17, 15) is 0 Å². The minimum Gasteiger partial charge on any atom is -0.493 e. The third-order valence-corrected chi connectivity index (χ3v) is 5.48. The maximum atomic E-state index is 5.71. The van der Waals surface area contributed by atoms with Crippen LogP contribution in [0.15, 0.2) is 36.4 Å².